The molecule has 43 heavy (non-hydrogen) atoms. The van der Waals surface area contributed by atoms with E-state index in [9.17, 15) is 29.7 Å². The van der Waals surface area contributed by atoms with Crippen LogP contribution in [0.2, 0.25) is 0 Å². The Kier molecular flexibility index (Phi) is 9.87. The predicted molar refractivity (Wildman–Crippen MR) is 158 cm³/mol. The van der Waals surface area contributed by atoms with Crippen LogP contribution in [-0.4, -0.2) is 93.5 Å². The highest BCUT2D eigenvalue weighted by Gasteiger charge is 2.31. The van der Waals surface area contributed by atoms with Gasteiger partial charge < -0.3 is 40.9 Å². The molecule has 0 spiro atoms. The van der Waals surface area contributed by atoms with Crippen LogP contribution in [0.15, 0.2) is 24.3 Å². The monoisotopic (exact) mass is 614 g/mol. The smallest absolute Gasteiger partial charge is 0.369 e. The second-order valence-electron chi connectivity index (χ2n) is 10.2. The van der Waals surface area contributed by atoms with E-state index in [4.69, 9.17) is 4.74 Å². The van der Waals surface area contributed by atoms with E-state index in [1.165, 1.54) is 24.5 Å². The number of para-hydroxylation sites is 1. The summed E-state index contributed by atoms with van der Waals surface area (Å²) < 4.78 is 5.70. The molecule has 230 valence electrons. The number of nitrogens with zero attached hydrogens (tertiary/aromatic N) is 4. The number of methoxy groups -OCH3 is 1. The summed E-state index contributed by atoms with van der Waals surface area (Å²) in [6, 6.07) is 6.47. The average molecular weight is 615 g/mol. The second kappa shape index (κ2) is 13.4. The summed E-state index contributed by atoms with van der Waals surface area (Å²) in [5.41, 5.74) is 1.05. The van der Waals surface area contributed by atoms with E-state index in [2.05, 4.69) is 31.1 Å². The van der Waals surface area contributed by atoms with Gasteiger partial charge in [-0.3, -0.25) is 19.7 Å². The summed E-state index contributed by atoms with van der Waals surface area (Å²) in [5.74, 6) is -1.39. The maximum Gasteiger partial charge on any atom is 0.369 e. The lowest BCUT2D eigenvalue weighted by molar-refractivity contribution is -0.323. The van der Waals surface area contributed by atoms with E-state index in [0.29, 0.717) is 39.1 Å². The van der Waals surface area contributed by atoms with Gasteiger partial charge in [0.15, 0.2) is 17.3 Å². The van der Waals surface area contributed by atoms with Gasteiger partial charge in [0.2, 0.25) is 5.91 Å². The van der Waals surface area contributed by atoms with Crippen molar-refractivity contribution in [3.8, 4) is 16.3 Å². The molecule has 2 aromatic heterocycles. The fourth-order valence-corrected chi connectivity index (χ4v) is 5.07. The third kappa shape index (κ3) is 8.42. The van der Waals surface area contributed by atoms with Crippen molar-refractivity contribution in [3.63, 3.8) is 0 Å². The molecule has 0 atom stereocenters. The quantitative estimate of drug-likeness (QED) is 0.106. The first-order valence-electron chi connectivity index (χ1n) is 13.4. The van der Waals surface area contributed by atoms with Gasteiger partial charge in [0, 0.05) is 18.5 Å². The van der Waals surface area contributed by atoms with E-state index in [-0.39, 0.29) is 29.2 Å². The van der Waals surface area contributed by atoms with Crippen molar-refractivity contribution in [1.29, 1.82) is 0 Å². The molecule has 0 saturated heterocycles. The number of anilines is 3. The van der Waals surface area contributed by atoms with E-state index in [1.807, 2.05) is 19.0 Å². The Morgan fingerprint density at radius 3 is 2.51 bits per heavy atom. The normalized spacial score (nSPS) is 13.0. The molecule has 2 heterocycles. The van der Waals surface area contributed by atoms with Gasteiger partial charge in [-0.1, -0.05) is 6.07 Å². The number of carbonyl (C=O) groups is 3. The third-order valence-corrected chi connectivity index (χ3v) is 7.47. The molecule has 15 nitrogen and oxygen atoms in total. The highest BCUT2D eigenvalue weighted by molar-refractivity contribution is 7.17. The standard InChI is InChI=1S/C27H34N8O7S/c1-14-22(25(38)28-11-6-12-35(2)3)43-26(29-14)16-7-5-8-17(21(16)42-4)30-18-13-19(31-23(36)15-9-10-15)33-34-20(18)24(37)32-27(39,40)41/h5,7-8,13,15,39-41H,6,9-12H2,1-4H3,(H,28,38)(H,32,37)(H2,30,31,33,36). The maximum absolute atomic E-state index is 12.8. The predicted octanol–water partition coefficient (Wildman–Crippen LogP) is 1.01. The summed E-state index contributed by atoms with van der Waals surface area (Å²) in [4.78, 5) is 44.9. The fraction of sp³-hybridized carbons (Fsp3) is 0.407. The molecule has 0 bridgehead atoms. The number of thiazole rings is 1. The number of rotatable bonds is 13. The number of aryl methyl sites for hydroxylation is 1. The van der Waals surface area contributed by atoms with Crippen molar-refractivity contribution in [2.24, 2.45) is 5.92 Å². The minimum Gasteiger partial charge on any atom is -0.494 e. The first-order chi connectivity index (χ1) is 20.4. The zero-order valence-corrected chi connectivity index (χ0v) is 24.9. The summed E-state index contributed by atoms with van der Waals surface area (Å²) in [7, 11) is 5.38. The van der Waals surface area contributed by atoms with Crippen LogP contribution in [0.25, 0.3) is 10.6 Å². The van der Waals surface area contributed by atoms with Crippen LogP contribution in [0.5, 0.6) is 5.75 Å². The van der Waals surface area contributed by atoms with Crippen LogP contribution < -0.4 is 26.0 Å². The number of carbonyl (C=O) groups excluding carboxylic acids is 3. The van der Waals surface area contributed by atoms with Gasteiger partial charge in [-0.15, -0.1) is 21.5 Å². The number of nitrogens with one attached hydrogen (secondary N) is 4. The lowest BCUT2D eigenvalue weighted by Crippen LogP contribution is -2.48. The van der Waals surface area contributed by atoms with Crippen LogP contribution in [0.4, 0.5) is 17.2 Å². The van der Waals surface area contributed by atoms with Crippen molar-refractivity contribution in [3.05, 3.63) is 40.5 Å². The first-order valence-corrected chi connectivity index (χ1v) is 14.2. The van der Waals surface area contributed by atoms with Crippen LogP contribution in [0.1, 0.15) is 45.1 Å². The van der Waals surface area contributed by atoms with Crippen LogP contribution in [0.3, 0.4) is 0 Å². The number of aromatic nitrogens is 3. The number of amides is 3. The molecular weight excluding hydrogens is 580 g/mol. The van der Waals surface area contributed by atoms with E-state index in [0.717, 1.165) is 25.8 Å². The van der Waals surface area contributed by atoms with E-state index in [1.54, 1.807) is 30.4 Å². The Bertz CT molecular complexity index is 1500. The Balaban J connectivity index is 1.64. The fourth-order valence-electron chi connectivity index (χ4n) is 4.07. The highest BCUT2D eigenvalue weighted by atomic mass is 32.1. The van der Waals surface area contributed by atoms with Crippen molar-refractivity contribution >= 4 is 46.3 Å². The van der Waals surface area contributed by atoms with Crippen molar-refractivity contribution in [1.82, 2.24) is 30.7 Å². The zero-order valence-electron chi connectivity index (χ0n) is 24.1. The summed E-state index contributed by atoms with van der Waals surface area (Å²) in [5, 5.41) is 46.1. The molecule has 16 heteroatoms. The highest BCUT2D eigenvalue weighted by Crippen LogP contribution is 2.40. The molecule has 7 N–H and O–H groups in total. The average Bonchev–Trinajstić information content (AvgIpc) is 3.71. The number of hydrogen-bond acceptors (Lipinski definition) is 13. The molecular formula is C27H34N8O7S. The van der Waals surface area contributed by atoms with Gasteiger partial charge in [0.1, 0.15) is 9.88 Å². The minimum absolute atomic E-state index is 0.00593. The molecule has 1 saturated carbocycles. The van der Waals surface area contributed by atoms with Gasteiger partial charge in [-0.05, 0) is 59.0 Å². The summed E-state index contributed by atoms with van der Waals surface area (Å²) in [6.45, 7) is 3.11. The summed E-state index contributed by atoms with van der Waals surface area (Å²) >= 11 is 1.20. The van der Waals surface area contributed by atoms with Crippen LogP contribution >= 0.6 is 11.3 Å². The Hall–Kier alpha value is -4.22. The molecule has 0 unspecified atom stereocenters. The zero-order chi connectivity index (χ0) is 31.3. The van der Waals surface area contributed by atoms with E-state index < -0.39 is 17.7 Å². The third-order valence-electron chi connectivity index (χ3n) is 6.28. The van der Waals surface area contributed by atoms with Gasteiger partial charge >= 0.3 is 6.10 Å². The van der Waals surface area contributed by atoms with Gasteiger partial charge in [-0.25, -0.2) is 4.98 Å². The number of benzene rings is 1. The topological polar surface area (TPSA) is 211 Å². The van der Waals surface area contributed by atoms with E-state index >= 15 is 0 Å². The Morgan fingerprint density at radius 1 is 1.12 bits per heavy atom. The number of hydrogen-bond donors (Lipinski definition) is 7. The summed E-state index contributed by atoms with van der Waals surface area (Å²) in [6.07, 6.45) is -1.19. The molecule has 4 rings (SSSR count). The first kappa shape index (κ1) is 31.7. The molecule has 0 radical (unpaired) electrons. The minimum atomic E-state index is -3.51. The van der Waals surface area contributed by atoms with Crippen molar-refractivity contribution < 1.29 is 34.4 Å². The van der Waals surface area contributed by atoms with Gasteiger partial charge in [0.25, 0.3) is 11.8 Å². The van der Waals surface area contributed by atoms with Crippen molar-refractivity contribution in [2.75, 3.05) is 44.9 Å². The molecule has 1 aliphatic carbocycles. The molecule has 3 aromatic rings. The van der Waals surface area contributed by atoms with Crippen LogP contribution in [0, 0.1) is 12.8 Å². The number of ether oxygens (including phenoxy) is 1. The number of aliphatic hydroxyl groups is 3. The Labute approximate surface area is 251 Å². The lowest BCUT2D eigenvalue weighted by atomic mass is 10.1. The molecule has 0 aliphatic heterocycles. The maximum atomic E-state index is 12.8. The largest absolute Gasteiger partial charge is 0.494 e. The van der Waals surface area contributed by atoms with Crippen molar-refractivity contribution in [2.45, 2.75) is 32.3 Å². The lowest BCUT2D eigenvalue weighted by Gasteiger charge is -2.18. The molecule has 1 aliphatic rings. The van der Waals surface area contributed by atoms with Gasteiger partial charge in [-0.2, -0.15) is 0 Å². The molecule has 1 aromatic carbocycles. The second-order valence-corrected chi connectivity index (χ2v) is 11.2. The SMILES string of the molecule is COc1c(Nc2cc(NC(=O)C3CC3)nnc2C(=O)NC(O)(O)O)cccc1-c1nc(C)c(C(=O)NCCCN(C)C)s1. The molecule has 1 fully saturated rings. The van der Waals surface area contributed by atoms with Gasteiger partial charge in [0.05, 0.1) is 29.7 Å². The Morgan fingerprint density at radius 2 is 1.86 bits per heavy atom. The molecule has 3 amide bonds. The van der Waals surface area contributed by atoms with Crippen LogP contribution in [-0.2, 0) is 4.79 Å².